The van der Waals surface area contributed by atoms with Crippen molar-refractivity contribution in [2.75, 3.05) is 16.9 Å². The maximum Gasteiger partial charge on any atom is 0.255 e. The second-order valence-corrected chi connectivity index (χ2v) is 6.15. The van der Waals surface area contributed by atoms with Crippen LogP contribution in [0.15, 0.2) is 16.7 Å². The van der Waals surface area contributed by atoms with Gasteiger partial charge in [-0.25, -0.2) is 10.8 Å². The monoisotopic (exact) mass is 330 g/mol. The normalized spacial score (nSPS) is 19.3. The van der Waals surface area contributed by atoms with Gasteiger partial charge < -0.3 is 10.7 Å². The molecule has 18 heavy (non-hydrogen) atoms. The Labute approximate surface area is 118 Å². The van der Waals surface area contributed by atoms with E-state index in [1.165, 1.54) is 5.75 Å². The largest absolute Gasteiger partial charge is 0.348 e. The zero-order chi connectivity index (χ0) is 13.0. The number of nitrogen functional groups attached to an aromatic ring is 1. The number of carbonyl (C=O) groups is 1. The van der Waals surface area contributed by atoms with Gasteiger partial charge >= 0.3 is 0 Å². The fourth-order valence-electron chi connectivity index (χ4n) is 1.85. The van der Waals surface area contributed by atoms with Crippen LogP contribution in [0.25, 0.3) is 0 Å². The third-order valence-electron chi connectivity index (χ3n) is 2.73. The van der Waals surface area contributed by atoms with Gasteiger partial charge in [-0.1, -0.05) is 0 Å². The topological polar surface area (TPSA) is 80.0 Å². The summed E-state index contributed by atoms with van der Waals surface area (Å²) in [5.74, 6) is 7.76. The number of aromatic nitrogens is 1. The molecular weight excluding hydrogens is 316 g/mol. The van der Waals surface area contributed by atoms with E-state index in [4.69, 9.17) is 5.84 Å². The Morgan fingerprint density at radius 1 is 1.61 bits per heavy atom. The third kappa shape index (κ3) is 3.37. The Morgan fingerprint density at radius 2 is 2.44 bits per heavy atom. The number of nitrogens with one attached hydrogen (secondary N) is 2. The second kappa shape index (κ2) is 6.40. The zero-order valence-corrected chi connectivity index (χ0v) is 12.2. The van der Waals surface area contributed by atoms with E-state index in [0.29, 0.717) is 11.4 Å². The average molecular weight is 331 g/mol. The Balaban J connectivity index is 2.09. The summed E-state index contributed by atoms with van der Waals surface area (Å²) in [5.41, 5.74) is 2.90. The van der Waals surface area contributed by atoms with Gasteiger partial charge in [0.25, 0.3) is 5.91 Å². The first-order valence-electron chi connectivity index (χ1n) is 5.71. The molecule has 0 aromatic carbocycles. The molecule has 7 heteroatoms. The fourth-order valence-corrected chi connectivity index (χ4v) is 3.25. The summed E-state index contributed by atoms with van der Waals surface area (Å²) in [6, 6.07) is 1.95. The summed E-state index contributed by atoms with van der Waals surface area (Å²) < 4.78 is 0.754. The average Bonchev–Trinajstić information content (AvgIpc) is 2.40. The van der Waals surface area contributed by atoms with E-state index < -0.39 is 0 Å². The lowest BCUT2D eigenvalue weighted by Gasteiger charge is -2.22. The van der Waals surface area contributed by atoms with Crippen LogP contribution in [0.2, 0.25) is 0 Å². The molecule has 0 spiro atoms. The van der Waals surface area contributed by atoms with Gasteiger partial charge in [-0.3, -0.25) is 4.79 Å². The molecule has 1 saturated heterocycles. The standard InChI is InChI=1S/C11H15BrN4OS/c12-7-4-9(10(16-13)14-5-7)11(17)15-8-2-1-3-18-6-8/h4-5,8H,1-3,6,13H2,(H,14,16)(H,15,17). The number of hydrogen-bond acceptors (Lipinski definition) is 5. The molecular formula is C11H15BrN4OS. The highest BCUT2D eigenvalue weighted by Crippen LogP contribution is 2.20. The number of pyridine rings is 1. The van der Waals surface area contributed by atoms with Gasteiger partial charge in [0.15, 0.2) is 5.82 Å². The van der Waals surface area contributed by atoms with Crippen molar-refractivity contribution in [2.45, 2.75) is 18.9 Å². The van der Waals surface area contributed by atoms with Gasteiger partial charge in [-0.2, -0.15) is 11.8 Å². The minimum absolute atomic E-state index is 0.135. The molecule has 4 N–H and O–H groups in total. The molecule has 1 fully saturated rings. The number of hydrazine groups is 1. The van der Waals surface area contributed by atoms with E-state index in [-0.39, 0.29) is 11.9 Å². The lowest BCUT2D eigenvalue weighted by Crippen LogP contribution is -2.38. The molecule has 0 radical (unpaired) electrons. The predicted molar refractivity (Wildman–Crippen MR) is 77.6 cm³/mol. The van der Waals surface area contributed by atoms with Crippen LogP contribution in [-0.4, -0.2) is 28.4 Å². The summed E-state index contributed by atoms with van der Waals surface area (Å²) in [5, 5.41) is 3.02. The number of nitrogens with zero attached hydrogens (tertiary/aromatic N) is 1. The minimum atomic E-state index is -0.135. The molecule has 5 nitrogen and oxygen atoms in total. The van der Waals surface area contributed by atoms with Crippen LogP contribution in [0.4, 0.5) is 5.82 Å². The predicted octanol–water partition coefficient (Wildman–Crippen LogP) is 1.76. The van der Waals surface area contributed by atoms with Crippen molar-refractivity contribution in [3.63, 3.8) is 0 Å². The number of nitrogens with two attached hydrogens (primary N) is 1. The van der Waals surface area contributed by atoms with Gasteiger partial charge in [-0.15, -0.1) is 0 Å². The summed E-state index contributed by atoms with van der Waals surface area (Å²) >= 11 is 5.18. The van der Waals surface area contributed by atoms with Crippen LogP contribution in [0, 0.1) is 0 Å². The molecule has 1 unspecified atom stereocenters. The fraction of sp³-hybridized carbons (Fsp3) is 0.455. The van der Waals surface area contributed by atoms with E-state index >= 15 is 0 Å². The number of amides is 1. The highest BCUT2D eigenvalue weighted by atomic mass is 79.9. The molecule has 0 bridgehead atoms. The van der Waals surface area contributed by atoms with E-state index in [1.54, 1.807) is 12.3 Å². The second-order valence-electron chi connectivity index (χ2n) is 4.08. The molecule has 1 aromatic rings. The van der Waals surface area contributed by atoms with Crippen LogP contribution in [0.3, 0.4) is 0 Å². The van der Waals surface area contributed by atoms with Crippen molar-refractivity contribution in [1.29, 1.82) is 0 Å². The first kappa shape index (κ1) is 13.6. The Bertz CT molecular complexity index is 437. The zero-order valence-electron chi connectivity index (χ0n) is 9.78. The lowest BCUT2D eigenvalue weighted by atomic mass is 10.1. The van der Waals surface area contributed by atoms with Crippen molar-refractivity contribution < 1.29 is 4.79 Å². The van der Waals surface area contributed by atoms with Crippen LogP contribution < -0.4 is 16.6 Å². The molecule has 1 aliphatic heterocycles. The van der Waals surface area contributed by atoms with Crippen LogP contribution in [0.1, 0.15) is 23.2 Å². The van der Waals surface area contributed by atoms with E-state index in [0.717, 1.165) is 23.1 Å². The van der Waals surface area contributed by atoms with Crippen molar-refractivity contribution in [1.82, 2.24) is 10.3 Å². The summed E-state index contributed by atoms with van der Waals surface area (Å²) in [7, 11) is 0. The summed E-state index contributed by atoms with van der Waals surface area (Å²) in [4.78, 5) is 16.2. The number of anilines is 1. The van der Waals surface area contributed by atoms with Crippen LogP contribution in [-0.2, 0) is 0 Å². The summed E-state index contributed by atoms with van der Waals surface area (Å²) in [6.07, 6.45) is 3.78. The Hall–Kier alpha value is -0.790. The SMILES string of the molecule is NNc1ncc(Br)cc1C(=O)NC1CCCSC1. The van der Waals surface area contributed by atoms with Gasteiger partial charge in [0.2, 0.25) is 0 Å². The molecule has 98 valence electrons. The van der Waals surface area contributed by atoms with E-state index in [2.05, 4.69) is 31.7 Å². The smallest absolute Gasteiger partial charge is 0.255 e. The van der Waals surface area contributed by atoms with Crippen molar-refractivity contribution in [3.8, 4) is 0 Å². The van der Waals surface area contributed by atoms with Crippen molar-refractivity contribution in [3.05, 3.63) is 22.3 Å². The van der Waals surface area contributed by atoms with E-state index in [1.807, 2.05) is 11.8 Å². The highest BCUT2D eigenvalue weighted by molar-refractivity contribution is 9.10. The number of carbonyl (C=O) groups excluding carboxylic acids is 1. The highest BCUT2D eigenvalue weighted by Gasteiger charge is 2.19. The quantitative estimate of drug-likeness (QED) is 0.581. The maximum absolute atomic E-state index is 12.2. The van der Waals surface area contributed by atoms with Crippen molar-refractivity contribution in [2.24, 2.45) is 5.84 Å². The number of rotatable bonds is 3. The Morgan fingerprint density at radius 3 is 3.11 bits per heavy atom. The lowest BCUT2D eigenvalue weighted by molar-refractivity contribution is 0.0939. The van der Waals surface area contributed by atoms with Crippen LogP contribution in [0.5, 0.6) is 0 Å². The summed E-state index contributed by atoms with van der Waals surface area (Å²) in [6.45, 7) is 0. The molecule has 1 atom stereocenters. The molecule has 1 aliphatic rings. The van der Waals surface area contributed by atoms with Crippen LogP contribution >= 0.6 is 27.7 Å². The molecule has 0 aliphatic carbocycles. The minimum Gasteiger partial charge on any atom is -0.348 e. The molecule has 2 rings (SSSR count). The first-order chi connectivity index (χ1) is 8.70. The number of halogens is 1. The number of thioether (sulfide) groups is 1. The molecule has 0 saturated carbocycles. The molecule has 2 heterocycles. The number of hydrogen-bond donors (Lipinski definition) is 3. The third-order valence-corrected chi connectivity index (χ3v) is 4.38. The van der Waals surface area contributed by atoms with Gasteiger partial charge in [0.1, 0.15) is 0 Å². The molecule has 1 aromatic heterocycles. The van der Waals surface area contributed by atoms with Gasteiger partial charge in [0.05, 0.1) is 5.56 Å². The van der Waals surface area contributed by atoms with Crippen molar-refractivity contribution >= 4 is 39.4 Å². The first-order valence-corrected chi connectivity index (χ1v) is 7.66. The van der Waals surface area contributed by atoms with Gasteiger partial charge in [-0.05, 0) is 40.6 Å². The van der Waals surface area contributed by atoms with Gasteiger partial charge in [0, 0.05) is 22.5 Å². The maximum atomic E-state index is 12.2. The van der Waals surface area contributed by atoms with E-state index in [9.17, 15) is 4.79 Å². The Kier molecular flexibility index (Phi) is 4.85. The molecule has 1 amide bonds.